The maximum Gasteiger partial charge on any atom is 0.326 e. The second-order valence-corrected chi connectivity index (χ2v) is 4.86. The Hall–Kier alpha value is -1.59. The van der Waals surface area contributed by atoms with Gasteiger partial charge in [-0.2, -0.15) is 0 Å². The van der Waals surface area contributed by atoms with Crippen LogP contribution in [-0.2, 0) is 16.1 Å². The van der Waals surface area contributed by atoms with Crippen molar-refractivity contribution in [2.45, 2.75) is 38.5 Å². The molecule has 5 nitrogen and oxygen atoms in total. The predicted molar refractivity (Wildman–Crippen MR) is 74.4 cm³/mol. The molecule has 1 aromatic rings. The summed E-state index contributed by atoms with van der Waals surface area (Å²) in [6, 6.07) is 7.13. The third-order valence-electron chi connectivity index (χ3n) is 3.11. The Morgan fingerprint density at radius 3 is 2.65 bits per heavy atom. The second kappa shape index (κ2) is 7.26. The summed E-state index contributed by atoms with van der Waals surface area (Å²) in [5, 5.41) is 12.2. The van der Waals surface area contributed by atoms with E-state index in [2.05, 4.69) is 5.32 Å². The number of aliphatic hydroxyl groups excluding tert-OH is 1. The number of hydrogen-bond donors (Lipinski definition) is 2. The van der Waals surface area contributed by atoms with Crippen LogP contribution in [-0.4, -0.2) is 36.4 Å². The molecule has 1 atom stereocenters. The molecule has 1 aliphatic rings. The Bertz CT molecular complexity index is 428. The highest BCUT2D eigenvalue weighted by atomic mass is 16.5. The third kappa shape index (κ3) is 4.51. The largest absolute Gasteiger partial charge is 0.491 e. The van der Waals surface area contributed by atoms with Crippen LogP contribution in [0.5, 0.6) is 5.75 Å². The number of rotatable bonds is 8. The molecule has 0 spiro atoms. The average molecular weight is 279 g/mol. The standard InChI is InChI=1S/C15H21NO4/c1-2-19-15(18)14(16-12-5-6-12)10-20-13-7-3-11(9-17)4-8-13/h3-4,7-8,12,14,16-17H,2,5-6,9-10H2,1H3. The van der Waals surface area contributed by atoms with Gasteiger partial charge < -0.3 is 14.6 Å². The number of carbonyl (C=O) groups excluding carboxylic acids is 1. The quantitative estimate of drug-likeness (QED) is 0.701. The summed E-state index contributed by atoms with van der Waals surface area (Å²) in [4.78, 5) is 11.8. The lowest BCUT2D eigenvalue weighted by Crippen LogP contribution is -2.43. The first-order valence-electron chi connectivity index (χ1n) is 6.98. The van der Waals surface area contributed by atoms with Crippen LogP contribution in [0.2, 0.25) is 0 Å². The predicted octanol–water partition coefficient (Wildman–Crippen LogP) is 1.24. The molecule has 5 heteroatoms. The van der Waals surface area contributed by atoms with Gasteiger partial charge in [0.05, 0.1) is 13.2 Å². The summed E-state index contributed by atoms with van der Waals surface area (Å²) in [5.74, 6) is 0.403. The first-order valence-corrected chi connectivity index (χ1v) is 6.98. The Labute approximate surface area is 118 Å². The summed E-state index contributed by atoms with van der Waals surface area (Å²) >= 11 is 0. The molecular formula is C15H21NO4. The number of benzene rings is 1. The van der Waals surface area contributed by atoms with Crippen LogP contribution in [0.4, 0.5) is 0 Å². The van der Waals surface area contributed by atoms with Crippen molar-refractivity contribution in [3.63, 3.8) is 0 Å². The maximum absolute atomic E-state index is 11.8. The van der Waals surface area contributed by atoms with E-state index >= 15 is 0 Å². The highest BCUT2D eigenvalue weighted by Gasteiger charge is 2.29. The van der Waals surface area contributed by atoms with Crippen LogP contribution >= 0.6 is 0 Å². The summed E-state index contributed by atoms with van der Waals surface area (Å²) in [7, 11) is 0. The van der Waals surface area contributed by atoms with Crippen molar-refractivity contribution < 1.29 is 19.4 Å². The molecule has 0 heterocycles. The molecule has 0 aliphatic heterocycles. The van der Waals surface area contributed by atoms with Crippen LogP contribution < -0.4 is 10.1 Å². The highest BCUT2D eigenvalue weighted by molar-refractivity contribution is 5.76. The molecule has 2 N–H and O–H groups in total. The van der Waals surface area contributed by atoms with Gasteiger partial charge in [0.1, 0.15) is 18.4 Å². The average Bonchev–Trinajstić information content (AvgIpc) is 3.28. The van der Waals surface area contributed by atoms with E-state index in [0.717, 1.165) is 18.4 Å². The van der Waals surface area contributed by atoms with Crippen molar-refractivity contribution in [3.05, 3.63) is 29.8 Å². The molecule has 0 bridgehead atoms. The Balaban J connectivity index is 1.87. The van der Waals surface area contributed by atoms with E-state index in [4.69, 9.17) is 14.6 Å². The summed E-state index contributed by atoms with van der Waals surface area (Å²) < 4.78 is 10.7. The van der Waals surface area contributed by atoms with E-state index in [0.29, 0.717) is 18.4 Å². The fourth-order valence-electron chi connectivity index (χ4n) is 1.83. The van der Waals surface area contributed by atoms with Crippen LogP contribution in [0, 0.1) is 0 Å². The molecule has 110 valence electrons. The van der Waals surface area contributed by atoms with Crippen molar-refractivity contribution in [1.82, 2.24) is 5.32 Å². The number of aliphatic hydroxyl groups is 1. The van der Waals surface area contributed by atoms with E-state index in [1.54, 1.807) is 31.2 Å². The SMILES string of the molecule is CCOC(=O)C(COc1ccc(CO)cc1)NC1CC1. The van der Waals surface area contributed by atoms with Crippen molar-refractivity contribution in [3.8, 4) is 5.75 Å². The fourth-order valence-corrected chi connectivity index (χ4v) is 1.83. The molecule has 2 rings (SSSR count). The molecule has 0 amide bonds. The molecule has 1 unspecified atom stereocenters. The third-order valence-corrected chi connectivity index (χ3v) is 3.11. The van der Waals surface area contributed by atoms with Gasteiger partial charge in [0.25, 0.3) is 0 Å². The number of esters is 1. The highest BCUT2D eigenvalue weighted by Crippen LogP contribution is 2.20. The zero-order chi connectivity index (χ0) is 14.4. The van der Waals surface area contributed by atoms with Crippen molar-refractivity contribution in [2.75, 3.05) is 13.2 Å². The van der Waals surface area contributed by atoms with Gasteiger partial charge in [-0.05, 0) is 37.5 Å². The zero-order valence-electron chi connectivity index (χ0n) is 11.7. The minimum Gasteiger partial charge on any atom is -0.491 e. The molecule has 0 radical (unpaired) electrons. The molecule has 1 aromatic carbocycles. The van der Waals surface area contributed by atoms with Crippen LogP contribution in [0.15, 0.2) is 24.3 Å². The van der Waals surface area contributed by atoms with Gasteiger partial charge in [-0.3, -0.25) is 10.1 Å². The normalized spacial score (nSPS) is 15.7. The van der Waals surface area contributed by atoms with Crippen molar-refractivity contribution >= 4 is 5.97 Å². The van der Waals surface area contributed by atoms with Gasteiger partial charge in [0.2, 0.25) is 0 Å². The first-order chi connectivity index (χ1) is 9.72. The molecule has 20 heavy (non-hydrogen) atoms. The lowest BCUT2D eigenvalue weighted by atomic mass is 10.2. The smallest absolute Gasteiger partial charge is 0.326 e. The van der Waals surface area contributed by atoms with Crippen molar-refractivity contribution in [1.29, 1.82) is 0 Å². The first kappa shape index (κ1) is 14.8. The summed E-state index contributed by atoms with van der Waals surface area (Å²) in [6.07, 6.45) is 2.20. The fraction of sp³-hybridized carbons (Fsp3) is 0.533. The van der Waals surface area contributed by atoms with Gasteiger partial charge in [-0.1, -0.05) is 12.1 Å². The molecule has 1 aliphatic carbocycles. The van der Waals surface area contributed by atoms with Gasteiger partial charge in [-0.25, -0.2) is 0 Å². The minimum atomic E-state index is -0.431. The van der Waals surface area contributed by atoms with E-state index < -0.39 is 6.04 Å². The molecule has 1 fully saturated rings. The number of ether oxygens (including phenoxy) is 2. The summed E-state index contributed by atoms with van der Waals surface area (Å²) in [5.41, 5.74) is 0.829. The number of carbonyl (C=O) groups is 1. The molecular weight excluding hydrogens is 258 g/mol. The second-order valence-electron chi connectivity index (χ2n) is 4.86. The Kier molecular flexibility index (Phi) is 5.38. The van der Waals surface area contributed by atoms with Crippen molar-refractivity contribution in [2.24, 2.45) is 0 Å². The number of hydrogen-bond acceptors (Lipinski definition) is 5. The lowest BCUT2D eigenvalue weighted by molar-refractivity contribution is -0.146. The van der Waals surface area contributed by atoms with Gasteiger partial charge in [0, 0.05) is 6.04 Å². The van der Waals surface area contributed by atoms with Crippen LogP contribution in [0.1, 0.15) is 25.3 Å². The summed E-state index contributed by atoms with van der Waals surface area (Å²) in [6.45, 7) is 2.41. The van der Waals surface area contributed by atoms with E-state index in [1.165, 1.54) is 0 Å². The lowest BCUT2D eigenvalue weighted by Gasteiger charge is -2.17. The Morgan fingerprint density at radius 1 is 1.40 bits per heavy atom. The maximum atomic E-state index is 11.8. The van der Waals surface area contributed by atoms with Gasteiger partial charge in [-0.15, -0.1) is 0 Å². The monoisotopic (exact) mass is 279 g/mol. The van der Waals surface area contributed by atoms with Gasteiger partial charge >= 0.3 is 5.97 Å². The van der Waals surface area contributed by atoms with Crippen LogP contribution in [0.3, 0.4) is 0 Å². The van der Waals surface area contributed by atoms with Gasteiger partial charge in [0.15, 0.2) is 0 Å². The Morgan fingerprint density at radius 2 is 2.10 bits per heavy atom. The molecule has 1 saturated carbocycles. The molecule has 0 aromatic heterocycles. The molecule has 0 saturated heterocycles. The van der Waals surface area contributed by atoms with E-state index in [1.807, 2.05) is 0 Å². The van der Waals surface area contributed by atoms with E-state index in [-0.39, 0.29) is 19.2 Å². The number of nitrogens with one attached hydrogen (secondary N) is 1. The topological polar surface area (TPSA) is 67.8 Å². The zero-order valence-corrected chi connectivity index (χ0v) is 11.7. The van der Waals surface area contributed by atoms with E-state index in [9.17, 15) is 4.79 Å². The minimum absolute atomic E-state index is 0.00890. The van der Waals surface area contributed by atoms with Crippen LogP contribution in [0.25, 0.3) is 0 Å².